The smallest absolute Gasteiger partial charge is 0.161 e. The van der Waals surface area contributed by atoms with E-state index in [0.29, 0.717) is 40.2 Å². The van der Waals surface area contributed by atoms with Gasteiger partial charge >= 0.3 is 0 Å². The zero-order valence-electron chi connectivity index (χ0n) is 14.5. The van der Waals surface area contributed by atoms with Gasteiger partial charge in [-0.25, -0.2) is 9.97 Å². The maximum absolute atomic E-state index is 12.5. The summed E-state index contributed by atoms with van der Waals surface area (Å²) in [6.07, 6.45) is 1.29. The molecule has 0 saturated carbocycles. The van der Waals surface area contributed by atoms with Crippen molar-refractivity contribution < 1.29 is 9.32 Å². The van der Waals surface area contributed by atoms with Gasteiger partial charge in [0.2, 0.25) is 0 Å². The second-order valence-corrected chi connectivity index (χ2v) is 8.22. The zero-order chi connectivity index (χ0) is 18.8. The molecule has 1 atom stereocenters. The monoisotopic (exact) mass is 399 g/mol. The van der Waals surface area contributed by atoms with E-state index < -0.39 is 10.8 Å². The number of aryl methyl sites for hydroxylation is 1. The number of nitrogens with zero attached hydrogens (tertiary/aromatic N) is 2. The Morgan fingerprint density at radius 2 is 1.96 bits per heavy atom. The number of anilines is 2. The van der Waals surface area contributed by atoms with Gasteiger partial charge in [0.15, 0.2) is 11.6 Å². The highest BCUT2D eigenvalue weighted by molar-refractivity contribution is 7.85. The third-order valence-corrected chi connectivity index (χ3v) is 6.08. The van der Waals surface area contributed by atoms with Crippen molar-refractivity contribution in [2.24, 2.45) is 0 Å². The van der Waals surface area contributed by atoms with Crippen molar-refractivity contribution >= 4 is 33.9 Å². The SMILES string of the molecule is O=S1CCc2nc(-c3cccc(Cl)c3)nc(Nc3ccc(CCO)cc3)c21. The second kappa shape index (κ2) is 7.76. The number of rotatable bonds is 5. The summed E-state index contributed by atoms with van der Waals surface area (Å²) in [5, 5.41) is 13.0. The molecule has 2 N–H and O–H groups in total. The molecule has 1 aromatic heterocycles. The number of aromatic nitrogens is 2. The summed E-state index contributed by atoms with van der Waals surface area (Å²) in [5.41, 5.74) is 3.54. The third-order valence-electron chi connectivity index (χ3n) is 4.39. The van der Waals surface area contributed by atoms with Crippen molar-refractivity contribution in [3.05, 3.63) is 64.8 Å². The lowest BCUT2D eigenvalue weighted by atomic mass is 10.1. The molecule has 1 aliphatic heterocycles. The molecule has 0 radical (unpaired) electrons. The van der Waals surface area contributed by atoms with E-state index in [1.54, 1.807) is 6.07 Å². The summed E-state index contributed by atoms with van der Waals surface area (Å²) < 4.78 is 12.5. The van der Waals surface area contributed by atoms with E-state index in [1.165, 1.54) is 0 Å². The number of aliphatic hydroxyl groups excluding tert-OH is 1. The van der Waals surface area contributed by atoms with Gasteiger partial charge in [-0.05, 0) is 36.2 Å². The molecule has 0 bridgehead atoms. The number of nitrogens with one attached hydrogen (secondary N) is 1. The van der Waals surface area contributed by atoms with Crippen LogP contribution < -0.4 is 5.32 Å². The predicted octanol–water partition coefficient (Wildman–Crippen LogP) is 3.74. The first-order valence-corrected chi connectivity index (χ1v) is 10.4. The van der Waals surface area contributed by atoms with Gasteiger partial charge < -0.3 is 10.4 Å². The quantitative estimate of drug-likeness (QED) is 0.683. The number of halogens is 1. The summed E-state index contributed by atoms with van der Waals surface area (Å²) in [6, 6.07) is 15.2. The van der Waals surface area contributed by atoms with Crippen molar-refractivity contribution in [3.8, 4) is 11.4 Å². The summed E-state index contributed by atoms with van der Waals surface area (Å²) in [6.45, 7) is 0.119. The lowest BCUT2D eigenvalue weighted by Crippen LogP contribution is -2.04. The molecule has 1 aliphatic rings. The van der Waals surface area contributed by atoms with E-state index in [0.717, 1.165) is 22.5 Å². The largest absolute Gasteiger partial charge is 0.396 e. The maximum atomic E-state index is 12.5. The average Bonchev–Trinajstić information content (AvgIpc) is 3.05. The van der Waals surface area contributed by atoms with Crippen molar-refractivity contribution in [2.75, 3.05) is 17.7 Å². The molecule has 0 saturated heterocycles. The predicted molar refractivity (Wildman–Crippen MR) is 108 cm³/mol. The average molecular weight is 400 g/mol. The highest BCUT2D eigenvalue weighted by Crippen LogP contribution is 2.32. The number of hydrogen-bond acceptors (Lipinski definition) is 5. The maximum Gasteiger partial charge on any atom is 0.161 e. The van der Waals surface area contributed by atoms with Gasteiger partial charge in [0.1, 0.15) is 4.90 Å². The van der Waals surface area contributed by atoms with Crippen LogP contribution in [0.15, 0.2) is 53.4 Å². The van der Waals surface area contributed by atoms with Crippen LogP contribution in [0.4, 0.5) is 11.5 Å². The number of aliphatic hydroxyl groups is 1. The fourth-order valence-corrected chi connectivity index (χ4v) is 4.55. The molecule has 138 valence electrons. The number of fused-ring (bicyclic) bond motifs is 1. The first kappa shape index (κ1) is 18.1. The Balaban J connectivity index is 1.73. The molecule has 2 heterocycles. The molecule has 4 rings (SSSR count). The van der Waals surface area contributed by atoms with Crippen molar-refractivity contribution in [3.63, 3.8) is 0 Å². The second-order valence-electron chi connectivity index (χ2n) is 6.28. The fourth-order valence-electron chi connectivity index (χ4n) is 3.06. The van der Waals surface area contributed by atoms with E-state index in [1.807, 2.05) is 42.5 Å². The minimum absolute atomic E-state index is 0.119. The van der Waals surface area contributed by atoms with Crippen LogP contribution in [-0.4, -0.2) is 31.6 Å². The van der Waals surface area contributed by atoms with Crippen molar-refractivity contribution in [2.45, 2.75) is 17.7 Å². The Bertz CT molecular complexity index is 1010. The number of benzene rings is 2. The molecule has 0 fully saturated rings. The minimum Gasteiger partial charge on any atom is -0.396 e. The van der Waals surface area contributed by atoms with Gasteiger partial charge in [-0.3, -0.25) is 4.21 Å². The van der Waals surface area contributed by atoms with Gasteiger partial charge in [0.05, 0.1) is 16.5 Å². The summed E-state index contributed by atoms with van der Waals surface area (Å²) in [7, 11) is -1.11. The minimum atomic E-state index is -1.11. The van der Waals surface area contributed by atoms with E-state index in [2.05, 4.69) is 15.3 Å². The molecule has 2 aromatic carbocycles. The van der Waals surface area contributed by atoms with Gasteiger partial charge in [-0.2, -0.15) is 0 Å². The molecule has 3 aromatic rings. The van der Waals surface area contributed by atoms with Crippen LogP contribution in [0.5, 0.6) is 0 Å². The van der Waals surface area contributed by atoms with Crippen LogP contribution in [0, 0.1) is 0 Å². The third kappa shape index (κ3) is 3.88. The van der Waals surface area contributed by atoms with Crippen LogP contribution in [0.2, 0.25) is 5.02 Å². The topological polar surface area (TPSA) is 75.1 Å². The van der Waals surface area contributed by atoms with Crippen LogP contribution in [-0.2, 0) is 23.6 Å². The van der Waals surface area contributed by atoms with E-state index in [-0.39, 0.29) is 6.61 Å². The Morgan fingerprint density at radius 3 is 2.70 bits per heavy atom. The highest BCUT2D eigenvalue weighted by atomic mass is 35.5. The molecule has 0 aliphatic carbocycles. The van der Waals surface area contributed by atoms with Crippen LogP contribution >= 0.6 is 11.6 Å². The van der Waals surface area contributed by atoms with Gasteiger partial charge in [0.25, 0.3) is 0 Å². The van der Waals surface area contributed by atoms with Crippen LogP contribution in [0.3, 0.4) is 0 Å². The Hall–Kier alpha value is -2.28. The molecular formula is C20H18ClN3O2S. The van der Waals surface area contributed by atoms with E-state index in [9.17, 15) is 4.21 Å². The molecule has 0 amide bonds. The highest BCUT2D eigenvalue weighted by Gasteiger charge is 2.26. The Kier molecular flexibility index (Phi) is 5.20. The molecule has 7 heteroatoms. The molecule has 27 heavy (non-hydrogen) atoms. The van der Waals surface area contributed by atoms with Gasteiger partial charge in [-0.15, -0.1) is 0 Å². The van der Waals surface area contributed by atoms with Crippen molar-refractivity contribution in [1.82, 2.24) is 9.97 Å². The number of hydrogen-bond donors (Lipinski definition) is 2. The normalized spacial score (nSPS) is 15.6. The first-order valence-electron chi connectivity index (χ1n) is 8.66. The van der Waals surface area contributed by atoms with Crippen LogP contribution in [0.25, 0.3) is 11.4 Å². The van der Waals surface area contributed by atoms with E-state index >= 15 is 0 Å². The lowest BCUT2D eigenvalue weighted by Gasteiger charge is -2.12. The summed E-state index contributed by atoms with van der Waals surface area (Å²) in [5.74, 6) is 1.70. The van der Waals surface area contributed by atoms with Crippen LogP contribution in [0.1, 0.15) is 11.3 Å². The Labute approximate surface area is 164 Å². The van der Waals surface area contributed by atoms with E-state index in [4.69, 9.17) is 16.7 Å². The molecule has 0 spiro atoms. The fraction of sp³-hybridized carbons (Fsp3) is 0.200. The standard InChI is InChI=1S/C20H18ClN3O2S/c21-15-3-1-2-14(12-15)19-23-17-9-11-27(26)18(17)20(24-19)22-16-6-4-13(5-7-16)8-10-25/h1-7,12,25H,8-11H2,(H,22,23,24). The van der Waals surface area contributed by atoms with Gasteiger partial charge in [-0.1, -0.05) is 35.9 Å². The Morgan fingerprint density at radius 1 is 1.15 bits per heavy atom. The molecular weight excluding hydrogens is 382 g/mol. The van der Waals surface area contributed by atoms with Crippen molar-refractivity contribution in [1.29, 1.82) is 0 Å². The first-order chi connectivity index (χ1) is 13.1. The van der Waals surface area contributed by atoms with Gasteiger partial charge in [0, 0.05) is 35.1 Å². The lowest BCUT2D eigenvalue weighted by molar-refractivity contribution is 0.299. The molecule has 1 unspecified atom stereocenters. The summed E-state index contributed by atoms with van der Waals surface area (Å²) in [4.78, 5) is 9.95. The summed E-state index contributed by atoms with van der Waals surface area (Å²) >= 11 is 6.11. The molecule has 5 nitrogen and oxygen atoms in total. The zero-order valence-corrected chi connectivity index (χ0v) is 16.1.